The molecule has 0 aliphatic heterocycles. The maximum Gasteiger partial charge on any atom is 0.212 e. The van der Waals surface area contributed by atoms with E-state index in [0.717, 1.165) is 13.0 Å². The first-order valence-corrected chi connectivity index (χ1v) is 6.33. The first-order chi connectivity index (χ1) is 8.57. The molecular weight excluding hydrogens is 228 g/mol. The molecule has 2 atom stereocenters. The van der Waals surface area contributed by atoms with Gasteiger partial charge in [-0.3, -0.25) is 0 Å². The molecule has 2 unspecified atom stereocenters. The standard InChI is InChI=1S/C14H22N2O2/c1-14(2)11(7-12(14)17-3)15-8-10-5-6-13(18-4)16-9-10/h5-6,9,11-12,15H,7-8H2,1-4H3. The topological polar surface area (TPSA) is 43.4 Å². The molecule has 1 aliphatic carbocycles. The van der Waals surface area contributed by atoms with Gasteiger partial charge in [-0.2, -0.15) is 0 Å². The van der Waals surface area contributed by atoms with Crippen LogP contribution in [0.5, 0.6) is 5.88 Å². The van der Waals surface area contributed by atoms with Crippen molar-refractivity contribution in [2.45, 2.75) is 39.0 Å². The molecule has 2 rings (SSSR count). The molecule has 4 heteroatoms. The molecule has 0 bridgehead atoms. The van der Waals surface area contributed by atoms with E-state index in [0.29, 0.717) is 18.0 Å². The summed E-state index contributed by atoms with van der Waals surface area (Å²) in [6.45, 7) is 5.32. The number of pyridine rings is 1. The molecule has 0 saturated heterocycles. The highest BCUT2D eigenvalue weighted by Crippen LogP contribution is 2.42. The van der Waals surface area contributed by atoms with Crippen molar-refractivity contribution in [1.82, 2.24) is 10.3 Å². The third-order valence-electron chi connectivity index (χ3n) is 4.02. The van der Waals surface area contributed by atoms with Crippen LogP contribution < -0.4 is 10.1 Å². The van der Waals surface area contributed by atoms with Gasteiger partial charge in [0, 0.05) is 37.4 Å². The summed E-state index contributed by atoms with van der Waals surface area (Å²) in [5, 5.41) is 3.57. The van der Waals surface area contributed by atoms with E-state index >= 15 is 0 Å². The highest BCUT2D eigenvalue weighted by Gasteiger charge is 2.48. The van der Waals surface area contributed by atoms with Gasteiger partial charge in [-0.25, -0.2) is 4.98 Å². The van der Waals surface area contributed by atoms with E-state index in [1.807, 2.05) is 18.3 Å². The van der Waals surface area contributed by atoms with Crippen molar-refractivity contribution in [3.8, 4) is 5.88 Å². The van der Waals surface area contributed by atoms with E-state index in [2.05, 4.69) is 24.1 Å². The van der Waals surface area contributed by atoms with Crippen molar-refractivity contribution < 1.29 is 9.47 Å². The second-order valence-electron chi connectivity index (χ2n) is 5.42. The van der Waals surface area contributed by atoms with E-state index in [1.54, 1.807) is 14.2 Å². The molecule has 1 aliphatic rings. The van der Waals surface area contributed by atoms with E-state index in [9.17, 15) is 0 Å². The lowest BCUT2D eigenvalue weighted by molar-refractivity contribution is -0.0979. The average Bonchev–Trinajstić information content (AvgIpc) is 2.38. The fourth-order valence-electron chi connectivity index (χ4n) is 2.51. The summed E-state index contributed by atoms with van der Waals surface area (Å²) in [4.78, 5) is 4.20. The largest absolute Gasteiger partial charge is 0.481 e. The summed E-state index contributed by atoms with van der Waals surface area (Å²) in [6, 6.07) is 4.43. The summed E-state index contributed by atoms with van der Waals surface area (Å²) in [5.41, 5.74) is 1.38. The molecule has 18 heavy (non-hydrogen) atoms. The quantitative estimate of drug-likeness (QED) is 0.868. The zero-order valence-corrected chi connectivity index (χ0v) is 11.6. The number of aromatic nitrogens is 1. The Morgan fingerprint density at radius 3 is 2.67 bits per heavy atom. The molecule has 1 saturated carbocycles. The van der Waals surface area contributed by atoms with Gasteiger partial charge < -0.3 is 14.8 Å². The number of hydrogen-bond donors (Lipinski definition) is 1. The molecule has 0 spiro atoms. The summed E-state index contributed by atoms with van der Waals surface area (Å²) >= 11 is 0. The maximum atomic E-state index is 5.45. The third kappa shape index (κ3) is 2.49. The number of rotatable bonds is 5. The van der Waals surface area contributed by atoms with Crippen LogP contribution in [0.15, 0.2) is 18.3 Å². The third-order valence-corrected chi connectivity index (χ3v) is 4.02. The summed E-state index contributed by atoms with van der Waals surface area (Å²) < 4.78 is 10.5. The predicted octanol–water partition coefficient (Wildman–Crippen LogP) is 1.99. The smallest absolute Gasteiger partial charge is 0.212 e. The molecule has 1 heterocycles. The Kier molecular flexibility index (Phi) is 3.88. The normalized spacial score (nSPS) is 25.6. The maximum absolute atomic E-state index is 5.45. The number of ether oxygens (including phenoxy) is 2. The van der Waals surface area contributed by atoms with E-state index in [1.165, 1.54) is 5.56 Å². The Bertz CT molecular complexity index is 389. The van der Waals surface area contributed by atoms with Crippen LogP contribution in [0.4, 0.5) is 0 Å². The van der Waals surface area contributed by atoms with Gasteiger partial charge >= 0.3 is 0 Å². The summed E-state index contributed by atoms with van der Waals surface area (Å²) in [6.07, 6.45) is 3.29. The minimum atomic E-state index is 0.203. The minimum Gasteiger partial charge on any atom is -0.481 e. The molecule has 1 aromatic rings. The average molecular weight is 250 g/mol. The molecular formula is C14H22N2O2. The van der Waals surface area contributed by atoms with Crippen molar-refractivity contribution in [3.63, 3.8) is 0 Å². The van der Waals surface area contributed by atoms with Gasteiger partial charge in [0.25, 0.3) is 0 Å². The number of nitrogens with zero attached hydrogens (tertiary/aromatic N) is 1. The van der Waals surface area contributed by atoms with Crippen molar-refractivity contribution >= 4 is 0 Å². The van der Waals surface area contributed by atoms with Gasteiger partial charge in [-0.15, -0.1) is 0 Å². The zero-order valence-electron chi connectivity index (χ0n) is 11.6. The first-order valence-electron chi connectivity index (χ1n) is 6.33. The lowest BCUT2D eigenvalue weighted by atomic mass is 9.64. The Hall–Kier alpha value is -1.13. The summed E-state index contributed by atoms with van der Waals surface area (Å²) in [5.74, 6) is 0.655. The van der Waals surface area contributed by atoms with Crippen LogP contribution in [0.3, 0.4) is 0 Å². The van der Waals surface area contributed by atoms with Crippen molar-refractivity contribution in [2.75, 3.05) is 14.2 Å². The lowest BCUT2D eigenvalue weighted by Gasteiger charge is -2.51. The Balaban J connectivity index is 1.85. The second-order valence-corrected chi connectivity index (χ2v) is 5.42. The van der Waals surface area contributed by atoms with Crippen molar-refractivity contribution in [3.05, 3.63) is 23.9 Å². The van der Waals surface area contributed by atoms with E-state index < -0.39 is 0 Å². The van der Waals surface area contributed by atoms with E-state index in [4.69, 9.17) is 9.47 Å². The first kappa shape index (κ1) is 13.3. The molecule has 0 amide bonds. The zero-order chi connectivity index (χ0) is 13.2. The fraction of sp³-hybridized carbons (Fsp3) is 0.643. The van der Waals surface area contributed by atoms with Crippen LogP contribution in [0, 0.1) is 5.41 Å². The number of nitrogens with one attached hydrogen (secondary N) is 1. The second kappa shape index (κ2) is 5.24. The Labute approximate surface area is 109 Å². The van der Waals surface area contributed by atoms with Gasteiger partial charge in [-0.05, 0) is 12.0 Å². The monoisotopic (exact) mass is 250 g/mol. The van der Waals surface area contributed by atoms with Crippen LogP contribution in [0.1, 0.15) is 25.8 Å². The highest BCUT2D eigenvalue weighted by atomic mass is 16.5. The Morgan fingerprint density at radius 2 is 2.17 bits per heavy atom. The van der Waals surface area contributed by atoms with Crippen molar-refractivity contribution in [1.29, 1.82) is 0 Å². The van der Waals surface area contributed by atoms with Crippen LogP contribution >= 0.6 is 0 Å². The van der Waals surface area contributed by atoms with Crippen LogP contribution in [0.25, 0.3) is 0 Å². The minimum absolute atomic E-state index is 0.203. The number of hydrogen-bond acceptors (Lipinski definition) is 4. The Morgan fingerprint density at radius 1 is 1.39 bits per heavy atom. The molecule has 1 aromatic heterocycles. The summed E-state index contributed by atoms with van der Waals surface area (Å²) in [7, 11) is 3.41. The number of methoxy groups -OCH3 is 2. The van der Waals surface area contributed by atoms with E-state index in [-0.39, 0.29) is 5.41 Å². The van der Waals surface area contributed by atoms with Gasteiger partial charge in [0.05, 0.1) is 13.2 Å². The molecule has 0 aromatic carbocycles. The predicted molar refractivity (Wildman–Crippen MR) is 70.6 cm³/mol. The van der Waals surface area contributed by atoms with Gasteiger partial charge in [0.2, 0.25) is 5.88 Å². The highest BCUT2D eigenvalue weighted by molar-refractivity contribution is 5.18. The SMILES string of the molecule is COc1ccc(CNC2CC(OC)C2(C)C)cn1. The molecule has 1 fully saturated rings. The van der Waals surface area contributed by atoms with Gasteiger partial charge in [0.1, 0.15) is 0 Å². The van der Waals surface area contributed by atoms with Gasteiger partial charge in [-0.1, -0.05) is 19.9 Å². The fourth-order valence-corrected chi connectivity index (χ4v) is 2.51. The molecule has 100 valence electrons. The molecule has 4 nitrogen and oxygen atoms in total. The van der Waals surface area contributed by atoms with Crippen LogP contribution in [-0.4, -0.2) is 31.3 Å². The van der Waals surface area contributed by atoms with Crippen LogP contribution in [0.2, 0.25) is 0 Å². The molecule has 0 radical (unpaired) electrons. The van der Waals surface area contributed by atoms with Crippen molar-refractivity contribution in [2.24, 2.45) is 5.41 Å². The van der Waals surface area contributed by atoms with Gasteiger partial charge in [0.15, 0.2) is 0 Å². The lowest BCUT2D eigenvalue weighted by Crippen LogP contribution is -2.60. The van der Waals surface area contributed by atoms with Crippen LogP contribution in [-0.2, 0) is 11.3 Å². The molecule has 1 N–H and O–H groups in total.